The van der Waals surface area contributed by atoms with Gasteiger partial charge in [0, 0.05) is 12.5 Å². The molecule has 0 radical (unpaired) electrons. The van der Waals surface area contributed by atoms with E-state index in [0.717, 1.165) is 6.26 Å². The molecule has 0 spiro atoms. The lowest BCUT2D eigenvalue weighted by Crippen LogP contribution is -2.02. The largest absolute Gasteiger partial charge is 0.229 e. The fourth-order valence-corrected chi connectivity index (χ4v) is 1.58. The number of hydrogen-bond donors (Lipinski definition) is 0. The Balaban J connectivity index is 2.91. The molecule has 0 amide bonds. The van der Waals surface area contributed by atoms with E-state index in [1.54, 1.807) is 0 Å². The van der Waals surface area contributed by atoms with Gasteiger partial charge in [-0.2, -0.15) is 0 Å². The van der Waals surface area contributed by atoms with Crippen molar-refractivity contribution in [2.24, 2.45) is 0 Å². The lowest BCUT2D eigenvalue weighted by Gasteiger charge is -1.96. The molecule has 66 valence electrons. The maximum Gasteiger partial charge on any atom is 0.222 e. The fraction of sp³-hybridized carbons (Fsp3) is 0.333. The lowest BCUT2D eigenvalue weighted by molar-refractivity contribution is 0.600. The van der Waals surface area contributed by atoms with Crippen molar-refractivity contribution in [2.75, 3.05) is 6.26 Å². The van der Waals surface area contributed by atoms with Crippen LogP contribution in [0, 0.1) is 0 Å². The van der Waals surface area contributed by atoms with Gasteiger partial charge in [0.2, 0.25) is 5.28 Å². The molecule has 12 heavy (non-hydrogen) atoms. The summed E-state index contributed by atoms with van der Waals surface area (Å²) in [7, 11) is -3.04. The van der Waals surface area contributed by atoms with Crippen LogP contribution in [0.1, 0.15) is 5.69 Å². The van der Waals surface area contributed by atoms with Crippen LogP contribution < -0.4 is 0 Å². The molecule has 1 rings (SSSR count). The summed E-state index contributed by atoms with van der Waals surface area (Å²) in [5, 5.41) is 0.0659. The van der Waals surface area contributed by atoms with Gasteiger partial charge in [0.15, 0.2) is 9.84 Å². The molecule has 0 aliphatic carbocycles. The molecule has 1 aromatic heterocycles. The number of hydrogen-bond acceptors (Lipinski definition) is 4. The minimum Gasteiger partial charge on any atom is -0.229 e. The Morgan fingerprint density at radius 3 is 2.75 bits per heavy atom. The van der Waals surface area contributed by atoms with Gasteiger partial charge in [0.1, 0.15) is 0 Å². The van der Waals surface area contributed by atoms with Gasteiger partial charge < -0.3 is 0 Å². The highest BCUT2D eigenvalue weighted by Gasteiger charge is 2.05. The zero-order valence-electron chi connectivity index (χ0n) is 6.36. The first kappa shape index (κ1) is 9.41. The van der Waals surface area contributed by atoms with Gasteiger partial charge in [0.25, 0.3) is 0 Å². The van der Waals surface area contributed by atoms with Crippen LogP contribution >= 0.6 is 11.6 Å². The van der Waals surface area contributed by atoms with E-state index in [-0.39, 0.29) is 11.0 Å². The molecule has 1 heterocycles. The molecule has 0 unspecified atom stereocenters. The van der Waals surface area contributed by atoms with E-state index in [1.807, 2.05) is 0 Å². The van der Waals surface area contributed by atoms with Crippen LogP contribution in [0.15, 0.2) is 12.3 Å². The molecule has 1 aromatic rings. The van der Waals surface area contributed by atoms with Crippen molar-refractivity contribution < 1.29 is 8.42 Å². The molecule has 0 bridgehead atoms. The van der Waals surface area contributed by atoms with Gasteiger partial charge in [-0.05, 0) is 17.7 Å². The predicted molar refractivity (Wildman–Crippen MR) is 45.6 cm³/mol. The van der Waals surface area contributed by atoms with E-state index < -0.39 is 9.84 Å². The van der Waals surface area contributed by atoms with Gasteiger partial charge in [0.05, 0.1) is 11.4 Å². The highest BCUT2D eigenvalue weighted by molar-refractivity contribution is 7.89. The summed E-state index contributed by atoms with van der Waals surface area (Å²) < 4.78 is 21.6. The fourth-order valence-electron chi connectivity index (χ4n) is 0.718. The summed E-state index contributed by atoms with van der Waals surface area (Å²) in [6.07, 6.45) is 2.57. The molecule has 0 aromatic carbocycles. The molecule has 4 nitrogen and oxygen atoms in total. The van der Waals surface area contributed by atoms with Crippen LogP contribution in [0.3, 0.4) is 0 Å². The summed E-state index contributed by atoms with van der Waals surface area (Å²) >= 11 is 5.46. The third-order valence-corrected chi connectivity index (χ3v) is 2.10. The van der Waals surface area contributed by atoms with Crippen molar-refractivity contribution in [1.82, 2.24) is 9.97 Å². The van der Waals surface area contributed by atoms with Gasteiger partial charge in [-0.3, -0.25) is 0 Å². The van der Waals surface area contributed by atoms with Crippen LogP contribution in [-0.2, 0) is 15.6 Å². The Morgan fingerprint density at radius 1 is 1.58 bits per heavy atom. The first-order valence-corrected chi connectivity index (χ1v) is 5.56. The number of sulfone groups is 1. The number of rotatable bonds is 2. The monoisotopic (exact) mass is 206 g/mol. The van der Waals surface area contributed by atoms with Crippen LogP contribution in [-0.4, -0.2) is 24.6 Å². The van der Waals surface area contributed by atoms with Crippen LogP contribution in [0.2, 0.25) is 5.28 Å². The molecular formula is C6H7ClN2O2S. The molecule has 0 aliphatic rings. The van der Waals surface area contributed by atoms with E-state index in [2.05, 4.69) is 9.97 Å². The summed E-state index contributed by atoms with van der Waals surface area (Å²) in [6.45, 7) is 0. The van der Waals surface area contributed by atoms with Crippen LogP contribution in [0.25, 0.3) is 0 Å². The summed E-state index contributed by atoms with van der Waals surface area (Å²) in [5.74, 6) is -0.102. The van der Waals surface area contributed by atoms with Crippen molar-refractivity contribution in [3.8, 4) is 0 Å². The normalized spacial score (nSPS) is 11.5. The van der Waals surface area contributed by atoms with Crippen molar-refractivity contribution in [1.29, 1.82) is 0 Å². The van der Waals surface area contributed by atoms with Gasteiger partial charge >= 0.3 is 0 Å². The second-order valence-electron chi connectivity index (χ2n) is 2.39. The Bertz CT molecular complexity index is 377. The average Bonchev–Trinajstić information content (AvgIpc) is 1.82. The number of nitrogens with zero attached hydrogens (tertiary/aromatic N) is 2. The minimum absolute atomic E-state index is 0.0659. The Hall–Kier alpha value is -0.680. The molecular weight excluding hydrogens is 200 g/mol. The minimum atomic E-state index is -3.04. The molecule has 0 fully saturated rings. The Kier molecular flexibility index (Phi) is 2.64. The van der Waals surface area contributed by atoms with Crippen molar-refractivity contribution in [3.63, 3.8) is 0 Å². The predicted octanol–water partition coefficient (Wildman–Crippen LogP) is 0.675. The topological polar surface area (TPSA) is 59.9 Å². The average molecular weight is 207 g/mol. The summed E-state index contributed by atoms with van der Waals surface area (Å²) in [4.78, 5) is 7.36. The van der Waals surface area contributed by atoms with E-state index >= 15 is 0 Å². The molecule has 0 saturated heterocycles. The highest BCUT2D eigenvalue weighted by atomic mass is 35.5. The summed E-state index contributed by atoms with van der Waals surface area (Å²) in [6, 6.07) is 1.52. The first-order valence-electron chi connectivity index (χ1n) is 3.12. The van der Waals surface area contributed by atoms with Crippen molar-refractivity contribution >= 4 is 21.4 Å². The standard InChI is InChI=1S/C6H7ClN2O2S/c1-12(10,11)4-5-2-3-8-6(7)9-5/h2-3H,4H2,1H3. The molecule has 0 atom stereocenters. The third kappa shape index (κ3) is 3.15. The molecule has 0 N–H and O–H groups in total. The van der Waals surface area contributed by atoms with E-state index in [1.165, 1.54) is 12.3 Å². The van der Waals surface area contributed by atoms with E-state index in [0.29, 0.717) is 5.69 Å². The number of halogens is 1. The second kappa shape index (κ2) is 3.37. The zero-order chi connectivity index (χ0) is 9.19. The van der Waals surface area contributed by atoms with E-state index in [9.17, 15) is 8.42 Å². The SMILES string of the molecule is CS(=O)(=O)Cc1ccnc(Cl)n1. The van der Waals surface area contributed by atoms with E-state index in [4.69, 9.17) is 11.6 Å². The Morgan fingerprint density at radius 2 is 2.25 bits per heavy atom. The number of aromatic nitrogens is 2. The maximum atomic E-state index is 10.8. The molecule has 0 aliphatic heterocycles. The van der Waals surface area contributed by atoms with Gasteiger partial charge in [-0.15, -0.1) is 0 Å². The molecule has 6 heteroatoms. The quantitative estimate of drug-likeness (QED) is 0.668. The van der Waals surface area contributed by atoms with Crippen LogP contribution in [0.4, 0.5) is 0 Å². The van der Waals surface area contributed by atoms with Crippen molar-refractivity contribution in [3.05, 3.63) is 23.2 Å². The molecule has 0 saturated carbocycles. The second-order valence-corrected chi connectivity index (χ2v) is 4.87. The van der Waals surface area contributed by atoms with Gasteiger partial charge in [-0.25, -0.2) is 18.4 Å². The smallest absolute Gasteiger partial charge is 0.222 e. The summed E-state index contributed by atoms with van der Waals surface area (Å²) in [5.41, 5.74) is 0.414. The van der Waals surface area contributed by atoms with Crippen molar-refractivity contribution in [2.45, 2.75) is 5.75 Å². The van der Waals surface area contributed by atoms with Gasteiger partial charge in [-0.1, -0.05) is 0 Å². The third-order valence-electron chi connectivity index (χ3n) is 1.09. The Labute approximate surface area is 75.5 Å². The van der Waals surface area contributed by atoms with Crippen LogP contribution in [0.5, 0.6) is 0 Å². The highest BCUT2D eigenvalue weighted by Crippen LogP contribution is 2.04. The zero-order valence-corrected chi connectivity index (χ0v) is 7.93. The maximum absolute atomic E-state index is 10.8. The first-order chi connectivity index (χ1) is 5.47. The lowest BCUT2D eigenvalue weighted by atomic mass is 10.5.